The number of unbranched alkanes of at least 4 members (excludes halogenated alkanes) is 11. The van der Waals surface area contributed by atoms with Gasteiger partial charge in [-0.15, -0.1) is 0 Å². The van der Waals surface area contributed by atoms with Gasteiger partial charge in [0.05, 0.1) is 13.2 Å². The van der Waals surface area contributed by atoms with E-state index in [0.717, 1.165) is 38.6 Å². The minimum Gasteiger partial charge on any atom is -0.479 e. The number of aliphatic carboxylic acids is 1. The predicted octanol–water partition coefficient (Wildman–Crippen LogP) is 4.92. The zero-order chi connectivity index (χ0) is 24.0. The molecule has 0 spiro atoms. The van der Waals surface area contributed by atoms with E-state index in [1.54, 1.807) is 0 Å². The van der Waals surface area contributed by atoms with Crippen LogP contribution >= 0.6 is 0 Å². The number of hydrogen-bond donors (Lipinski definition) is 3. The summed E-state index contributed by atoms with van der Waals surface area (Å²) in [6, 6.07) is 0. The highest BCUT2D eigenvalue weighted by Crippen LogP contribution is 2.14. The van der Waals surface area contributed by atoms with Gasteiger partial charge in [-0.3, -0.25) is 10.2 Å². The summed E-state index contributed by atoms with van der Waals surface area (Å²) >= 11 is 0. The Morgan fingerprint density at radius 1 is 0.812 bits per heavy atom. The lowest BCUT2D eigenvalue weighted by Crippen LogP contribution is -2.48. The van der Waals surface area contributed by atoms with Gasteiger partial charge < -0.3 is 14.9 Å². The second kappa shape index (κ2) is 21.7. The molecule has 0 aromatic rings. The van der Waals surface area contributed by atoms with Crippen LogP contribution in [0.3, 0.4) is 0 Å². The Hall–Kier alpha value is -1.18. The van der Waals surface area contributed by atoms with Crippen LogP contribution in [-0.4, -0.2) is 59.5 Å². The third kappa shape index (κ3) is 22.0. The minimum atomic E-state index is -1.23. The molecule has 7 nitrogen and oxygen atoms in total. The SMILES string of the molecule is CC(C)CCCCCCCCCCCCCCC(=O)NN1CCOCC1.CC(O)C(=O)O. The van der Waals surface area contributed by atoms with Crippen molar-refractivity contribution in [1.82, 2.24) is 10.4 Å². The number of hydrogen-bond acceptors (Lipinski definition) is 5. The second-order valence-corrected chi connectivity index (χ2v) is 9.32. The van der Waals surface area contributed by atoms with E-state index in [0.29, 0.717) is 6.42 Å². The maximum Gasteiger partial charge on any atom is 0.332 e. The first-order valence-corrected chi connectivity index (χ1v) is 12.9. The summed E-state index contributed by atoms with van der Waals surface area (Å²) in [5.41, 5.74) is 2.98. The van der Waals surface area contributed by atoms with E-state index >= 15 is 0 Å². The number of amides is 1. The molecule has 0 aliphatic carbocycles. The van der Waals surface area contributed by atoms with E-state index in [9.17, 15) is 9.59 Å². The number of hydrazine groups is 1. The van der Waals surface area contributed by atoms with Crippen LogP contribution in [0.5, 0.6) is 0 Å². The summed E-state index contributed by atoms with van der Waals surface area (Å²) in [5, 5.41) is 17.8. The number of rotatable bonds is 17. The quantitative estimate of drug-likeness (QED) is 0.268. The normalized spacial score (nSPS) is 15.2. The number of morpholine rings is 1. The van der Waals surface area contributed by atoms with Crippen molar-refractivity contribution in [2.24, 2.45) is 5.92 Å². The van der Waals surface area contributed by atoms with Crippen LogP contribution < -0.4 is 5.43 Å². The highest BCUT2D eigenvalue weighted by atomic mass is 16.5. The van der Waals surface area contributed by atoms with Crippen LogP contribution in [-0.2, 0) is 14.3 Å². The summed E-state index contributed by atoms with van der Waals surface area (Å²) in [6.45, 7) is 8.90. The number of nitrogens with zero attached hydrogens (tertiary/aromatic N) is 1. The molecule has 7 heteroatoms. The average Bonchev–Trinajstić information content (AvgIpc) is 2.74. The molecule has 0 bridgehead atoms. The Kier molecular flexibility index (Phi) is 20.9. The summed E-state index contributed by atoms with van der Waals surface area (Å²) in [5.74, 6) is -0.149. The van der Waals surface area contributed by atoms with Crippen LogP contribution in [0.1, 0.15) is 111 Å². The van der Waals surface area contributed by atoms with Crippen molar-refractivity contribution < 1.29 is 24.5 Å². The molecule has 190 valence electrons. The predicted molar refractivity (Wildman–Crippen MR) is 129 cm³/mol. The monoisotopic (exact) mass is 458 g/mol. The fourth-order valence-corrected chi connectivity index (χ4v) is 3.51. The van der Waals surface area contributed by atoms with Crippen LogP contribution in [0.2, 0.25) is 0 Å². The van der Waals surface area contributed by atoms with Crippen molar-refractivity contribution in [3.63, 3.8) is 0 Å². The molecule has 1 aliphatic rings. The molecule has 32 heavy (non-hydrogen) atoms. The van der Waals surface area contributed by atoms with E-state index in [1.807, 2.05) is 5.01 Å². The minimum absolute atomic E-state index is 0.167. The number of carbonyl (C=O) groups excluding carboxylic acids is 1. The Balaban J connectivity index is 0.00000140. The maximum atomic E-state index is 11.9. The molecule has 0 saturated carbocycles. The summed E-state index contributed by atoms with van der Waals surface area (Å²) < 4.78 is 5.28. The molecule has 0 aromatic carbocycles. The standard InChI is InChI=1S/C22H44N2O2.C3H6O3/c1-21(2)15-13-11-9-7-5-3-4-6-8-10-12-14-16-22(25)23-24-17-19-26-20-18-24;1-2(4)3(5)6/h21H,3-20H2,1-2H3,(H,23,25);2,4H,1H3,(H,5,6). The third-order valence-corrected chi connectivity index (χ3v) is 5.59. The smallest absolute Gasteiger partial charge is 0.332 e. The molecule has 1 amide bonds. The Bertz CT molecular complexity index is 452. The van der Waals surface area contributed by atoms with E-state index in [4.69, 9.17) is 14.9 Å². The van der Waals surface area contributed by atoms with Gasteiger partial charge in [0.15, 0.2) is 0 Å². The van der Waals surface area contributed by atoms with Crippen LogP contribution in [0.4, 0.5) is 0 Å². The highest BCUT2D eigenvalue weighted by molar-refractivity contribution is 5.75. The van der Waals surface area contributed by atoms with Crippen molar-refractivity contribution in [2.75, 3.05) is 26.3 Å². The molecule has 1 heterocycles. The molecule has 3 N–H and O–H groups in total. The van der Waals surface area contributed by atoms with Crippen molar-refractivity contribution in [3.8, 4) is 0 Å². The Morgan fingerprint density at radius 2 is 1.22 bits per heavy atom. The van der Waals surface area contributed by atoms with E-state index < -0.39 is 12.1 Å². The van der Waals surface area contributed by atoms with Crippen molar-refractivity contribution >= 4 is 11.9 Å². The molecule has 1 unspecified atom stereocenters. The Labute approximate surface area is 196 Å². The van der Waals surface area contributed by atoms with Gasteiger partial charge in [0.25, 0.3) is 0 Å². The summed E-state index contributed by atoms with van der Waals surface area (Å²) in [7, 11) is 0. The highest BCUT2D eigenvalue weighted by Gasteiger charge is 2.12. The number of carbonyl (C=O) groups is 2. The second-order valence-electron chi connectivity index (χ2n) is 9.32. The van der Waals surface area contributed by atoms with Gasteiger partial charge in [-0.1, -0.05) is 90.9 Å². The first-order valence-electron chi connectivity index (χ1n) is 12.9. The largest absolute Gasteiger partial charge is 0.479 e. The van der Waals surface area contributed by atoms with Crippen LogP contribution in [0.15, 0.2) is 0 Å². The zero-order valence-corrected chi connectivity index (χ0v) is 20.9. The van der Waals surface area contributed by atoms with Crippen LogP contribution in [0, 0.1) is 5.92 Å². The van der Waals surface area contributed by atoms with Crippen molar-refractivity contribution in [2.45, 2.75) is 117 Å². The van der Waals surface area contributed by atoms with Gasteiger partial charge in [-0.2, -0.15) is 0 Å². The molecule has 0 aromatic heterocycles. The van der Waals surface area contributed by atoms with Gasteiger partial charge in [0.2, 0.25) is 5.91 Å². The fourth-order valence-electron chi connectivity index (χ4n) is 3.51. The van der Waals surface area contributed by atoms with Gasteiger partial charge >= 0.3 is 5.97 Å². The number of carboxylic acids is 1. The van der Waals surface area contributed by atoms with E-state index in [1.165, 1.54) is 84.0 Å². The number of carboxylic acid groups (broad SMARTS) is 1. The van der Waals surface area contributed by atoms with Gasteiger partial charge in [-0.05, 0) is 19.3 Å². The third-order valence-electron chi connectivity index (χ3n) is 5.59. The fraction of sp³-hybridized carbons (Fsp3) is 0.920. The topological polar surface area (TPSA) is 99.1 Å². The molecule has 1 aliphatic heterocycles. The molecular weight excluding hydrogens is 408 g/mol. The van der Waals surface area contributed by atoms with Gasteiger partial charge in [0.1, 0.15) is 6.10 Å². The van der Waals surface area contributed by atoms with Crippen LogP contribution in [0.25, 0.3) is 0 Å². The van der Waals surface area contributed by atoms with Gasteiger partial charge in [-0.25, -0.2) is 9.80 Å². The lowest BCUT2D eigenvalue weighted by molar-refractivity contribution is -0.145. The summed E-state index contributed by atoms with van der Waals surface area (Å²) in [6.07, 6.45) is 16.9. The zero-order valence-electron chi connectivity index (χ0n) is 20.9. The first-order chi connectivity index (χ1) is 15.3. The molecule has 1 saturated heterocycles. The molecule has 1 fully saturated rings. The molecular formula is C25H50N2O5. The lowest BCUT2D eigenvalue weighted by Gasteiger charge is -2.26. The number of nitrogens with one attached hydrogen (secondary N) is 1. The summed E-state index contributed by atoms with van der Waals surface area (Å²) in [4.78, 5) is 21.3. The number of ether oxygens (including phenoxy) is 1. The maximum absolute atomic E-state index is 11.9. The van der Waals surface area contributed by atoms with Crippen molar-refractivity contribution in [1.29, 1.82) is 0 Å². The number of aliphatic hydroxyl groups excluding tert-OH is 1. The van der Waals surface area contributed by atoms with E-state index in [2.05, 4.69) is 19.3 Å². The molecule has 1 rings (SSSR count). The van der Waals surface area contributed by atoms with E-state index in [-0.39, 0.29) is 5.91 Å². The molecule has 0 radical (unpaired) electrons. The number of aliphatic hydroxyl groups is 1. The van der Waals surface area contributed by atoms with Crippen molar-refractivity contribution in [3.05, 3.63) is 0 Å². The van der Waals surface area contributed by atoms with Gasteiger partial charge in [0, 0.05) is 19.5 Å². The average molecular weight is 459 g/mol. The Morgan fingerprint density at radius 3 is 1.62 bits per heavy atom. The molecule has 1 atom stereocenters. The first kappa shape index (κ1) is 30.8. The lowest BCUT2D eigenvalue weighted by atomic mass is 10.0.